The van der Waals surface area contributed by atoms with Crippen molar-refractivity contribution in [3.8, 4) is 11.1 Å². The van der Waals surface area contributed by atoms with E-state index in [1.165, 1.54) is 0 Å². The van der Waals surface area contributed by atoms with Crippen LogP contribution in [0.25, 0.3) is 11.1 Å². The molecular weight excluding hydrogens is 458 g/mol. The van der Waals surface area contributed by atoms with Crippen LogP contribution in [-0.2, 0) is 19.7 Å². The van der Waals surface area contributed by atoms with Crippen molar-refractivity contribution < 1.29 is 23.6 Å². The lowest BCUT2D eigenvalue weighted by Gasteiger charge is -2.22. The summed E-state index contributed by atoms with van der Waals surface area (Å²) in [5, 5.41) is 6.75. The second-order valence-electron chi connectivity index (χ2n) is 11.0. The van der Waals surface area contributed by atoms with Gasteiger partial charge < -0.3 is 19.3 Å². The van der Waals surface area contributed by atoms with Crippen LogP contribution in [0.15, 0.2) is 53.1 Å². The summed E-state index contributed by atoms with van der Waals surface area (Å²) >= 11 is 0. The first kappa shape index (κ1) is 25.4. The highest BCUT2D eigenvalue weighted by atomic mass is 16.6. The van der Waals surface area contributed by atoms with Gasteiger partial charge in [0.1, 0.15) is 18.2 Å². The number of alkyl carbamates (subject to hydrolysis) is 1. The summed E-state index contributed by atoms with van der Waals surface area (Å²) in [6.45, 7) is 11.3. The summed E-state index contributed by atoms with van der Waals surface area (Å²) in [5.74, 6) is 0.0191. The normalized spacial score (nSPS) is 14.1. The first-order valence-electron chi connectivity index (χ1n) is 12.1. The molecule has 0 radical (unpaired) electrons. The van der Waals surface area contributed by atoms with Gasteiger partial charge in [0.25, 0.3) is 0 Å². The molecule has 0 saturated heterocycles. The van der Waals surface area contributed by atoms with Gasteiger partial charge in [0.15, 0.2) is 5.82 Å². The van der Waals surface area contributed by atoms with E-state index < -0.39 is 23.7 Å². The van der Waals surface area contributed by atoms with Crippen LogP contribution in [-0.4, -0.2) is 34.4 Å². The largest absolute Gasteiger partial charge is 0.460 e. The molecule has 1 aliphatic carbocycles. The van der Waals surface area contributed by atoms with Gasteiger partial charge in [0.2, 0.25) is 5.89 Å². The molecule has 1 aromatic heterocycles. The van der Waals surface area contributed by atoms with Gasteiger partial charge in [-0.25, -0.2) is 4.79 Å². The predicted octanol–water partition coefficient (Wildman–Crippen LogP) is 5.68. The van der Waals surface area contributed by atoms with Crippen LogP contribution in [0.5, 0.6) is 0 Å². The number of fused-ring (bicyclic) bond motifs is 3. The Hall–Kier alpha value is -3.68. The molecule has 0 saturated carbocycles. The number of benzene rings is 2. The molecule has 1 N–H and O–H groups in total. The fraction of sp³-hybridized carbons (Fsp3) is 0.429. The quantitative estimate of drug-likeness (QED) is 0.443. The van der Waals surface area contributed by atoms with Gasteiger partial charge in [-0.05, 0) is 43.0 Å². The number of carbonyl (C=O) groups is 2. The van der Waals surface area contributed by atoms with Crippen LogP contribution >= 0.6 is 0 Å². The second kappa shape index (κ2) is 9.76. The van der Waals surface area contributed by atoms with Gasteiger partial charge in [0.05, 0.1) is 6.42 Å². The van der Waals surface area contributed by atoms with Crippen LogP contribution in [0, 0.1) is 0 Å². The molecule has 8 nitrogen and oxygen atoms in total. The molecule has 1 atom stereocenters. The number of nitrogens with one attached hydrogen (secondary N) is 1. The number of esters is 1. The Bertz CT molecular complexity index is 1210. The third-order valence-electron chi connectivity index (χ3n) is 5.84. The second-order valence-corrected chi connectivity index (χ2v) is 11.0. The molecule has 2 aromatic carbocycles. The van der Waals surface area contributed by atoms with Crippen molar-refractivity contribution in [1.82, 2.24) is 15.5 Å². The minimum absolute atomic E-state index is 0.0802. The molecule has 0 fully saturated rings. The van der Waals surface area contributed by atoms with Gasteiger partial charge in [-0.15, -0.1) is 0 Å². The Labute approximate surface area is 211 Å². The Kier molecular flexibility index (Phi) is 6.89. The molecule has 0 aliphatic heterocycles. The van der Waals surface area contributed by atoms with Gasteiger partial charge in [-0.1, -0.05) is 74.5 Å². The molecule has 0 unspecified atom stereocenters. The molecule has 3 aromatic rings. The van der Waals surface area contributed by atoms with Crippen molar-refractivity contribution in [2.45, 2.75) is 70.9 Å². The highest BCUT2D eigenvalue weighted by molar-refractivity contribution is 5.79. The summed E-state index contributed by atoms with van der Waals surface area (Å²) in [5.41, 5.74) is 3.49. The van der Waals surface area contributed by atoms with E-state index in [2.05, 4.69) is 39.7 Å². The van der Waals surface area contributed by atoms with Crippen molar-refractivity contribution in [3.63, 3.8) is 0 Å². The van der Waals surface area contributed by atoms with E-state index in [1.807, 2.05) is 45.0 Å². The SMILES string of the molecule is CC(C)(C)OC(=O)C[C@@H](NC(=O)OCC1c2ccccc2-c2ccccc21)c1nc(C(C)(C)C)no1. The average molecular weight is 492 g/mol. The van der Waals surface area contributed by atoms with E-state index in [1.54, 1.807) is 20.8 Å². The lowest BCUT2D eigenvalue weighted by atomic mass is 9.96. The van der Waals surface area contributed by atoms with Crippen molar-refractivity contribution in [3.05, 3.63) is 71.4 Å². The molecule has 1 amide bonds. The monoisotopic (exact) mass is 491 g/mol. The predicted molar refractivity (Wildman–Crippen MR) is 134 cm³/mol. The Balaban J connectivity index is 1.49. The van der Waals surface area contributed by atoms with Gasteiger partial charge in [0, 0.05) is 11.3 Å². The lowest BCUT2D eigenvalue weighted by molar-refractivity contribution is -0.155. The molecule has 0 spiro atoms. The average Bonchev–Trinajstić information content (AvgIpc) is 3.40. The van der Waals surface area contributed by atoms with E-state index in [-0.39, 0.29) is 30.3 Å². The van der Waals surface area contributed by atoms with Crippen LogP contribution < -0.4 is 5.32 Å². The number of nitrogens with zero attached hydrogens (tertiary/aromatic N) is 2. The van der Waals surface area contributed by atoms with Gasteiger partial charge in [-0.3, -0.25) is 4.79 Å². The molecule has 8 heteroatoms. The van der Waals surface area contributed by atoms with Crippen molar-refractivity contribution in [2.24, 2.45) is 0 Å². The van der Waals surface area contributed by atoms with Crippen molar-refractivity contribution in [2.75, 3.05) is 6.61 Å². The maximum Gasteiger partial charge on any atom is 0.407 e. The van der Waals surface area contributed by atoms with Crippen LogP contribution in [0.1, 0.15) is 82.8 Å². The molecule has 36 heavy (non-hydrogen) atoms. The van der Waals surface area contributed by atoms with E-state index in [0.717, 1.165) is 22.3 Å². The third kappa shape index (κ3) is 5.75. The molecular formula is C28H33N3O5. The number of ether oxygens (including phenoxy) is 2. The van der Waals surface area contributed by atoms with Crippen molar-refractivity contribution >= 4 is 12.1 Å². The standard InChI is InChI=1S/C28H33N3O5/c1-27(2,3)25-30-24(36-31-25)22(15-23(32)35-28(4,5)6)29-26(33)34-16-21-19-13-9-7-11-17(19)18-12-8-10-14-20(18)21/h7-14,21-22H,15-16H2,1-6H3,(H,29,33)/t22-/m1/s1. The van der Waals surface area contributed by atoms with Crippen molar-refractivity contribution in [1.29, 1.82) is 0 Å². The zero-order valence-corrected chi connectivity index (χ0v) is 21.6. The Morgan fingerprint density at radius 3 is 2.08 bits per heavy atom. The number of rotatable bonds is 6. The topological polar surface area (TPSA) is 104 Å². The Morgan fingerprint density at radius 1 is 0.972 bits per heavy atom. The smallest absolute Gasteiger partial charge is 0.407 e. The van der Waals surface area contributed by atoms with E-state index in [4.69, 9.17) is 14.0 Å². The summed E-state index contributed by atoms with van der Waals surface area (Å²) < 4.78 is 16.5. The zero-order chi connectivity index (χ0) is 26.1. The first-order valence-corrected chi connectivity index (χ1v) is 12.1. The van der Waals surface area contributed by atoms with Gasteiger partial charge >= 0.3 is 12.1 Å². The highest BCUT2D eigenvalue weighted by Crippen LogP contribution is 2.44. The van der Waals surface area contributed by atoms with Crippen LogP contribution in [0.2, 0.25) is 0 Å². The molecule has 1 aliphatic rings. The highest BCUT2D eigenvalue weighted by Gasteiger charge is 2.32. The summed E-state index contributed by atoms with van der Waals surface area (Å²) in [6, 6.07) is 15.3. The molecule has 190 valence electrons. The molecule has 1 heterocycles. The maximum absolute atomic E-state index is 12.9. The number of amides is 1. The van der Waals surface area contributed by atoms with E-state index in [0.29, 0.717) is 5.82 Å². The molecule has 4 rings (SSSR count). The van der Waals surface area contributed by atoms with E-state index in [9.17, 15) is 9.59 Å². The fourth-order valence-electron chi connectivity index (χ4n) is 4.21. The summed E-state index contributed by atoms with van der Waals surface area (Å²) in [4.78, 5) is 29.9. The first-order chi connectivity index (χ1) is 16.9. The third-order valence-corrected chi connectivity index (χ3v) is 5.84. The zero-order valence-electron chi connectivity index (χ0n) is 21.6. The minimum atomic E-state index is -0.890. The maximum atomic E-state index is 12.9. The van der Waals surface area contributed by atoms with Crippen LogP contribution in [0.4, 0.5) is 4.79 Å². The number of carbonyl (C=O) groups excluding carboxylic acids is 2. The minimum Gasteiger partial charge on any atom is -0.460 e. The lowest BCUT2D eigenvalue weighted by Crippen LogP contribution is -2.34. The summed E-state index contributed by atoms with van der Waals surface area (Å²) in [6.07, 6.45) is -0.853. The van der Waals surface area contributed by atoms with Crippen LogP contribution in [0.3, 0.4) is 0 Å². The van der Waals surface area contributed by atoms with Gasteiger partial charge in [-0.2, -0.15) is 4.98 Å². The summed E-state index contributed by atoms with van der Waals surface area (Å²) in [7, 11) is 0. The number of hydrogen-bond donors (Lipinski definition) is 1. The Morgan fingerprint density at radius 2 is 1.56 bits per heavy atom. The molecule has 0 bridgehead atoms. The fourth-order valence-corrected chi connectivity index (χ4v) is 4.21. The number of hydrogen-bond acceptors (Lipinski definition) is 7. The van der Waals surface area contributed by atoms with E-state index >= 15 is 0 Å². The number of aromatic nitrogens is 2.